The molecule has 0 unspecified atom stereocenters. The predicted molar refractivity (Wildman–Crippen MR) is 97.2 cm³/mol. The van der Waals surface area contributed by atoms with Gasteiger partial charge in [0.2, 0.25) is 0 Å². The van der Waals surface area contributed by atoms with E-state index in [4.69, 9.17) is 11.6 Å². The fourth-order valence-corrected chi connectivity index (χ4v) is 4.23. The average Bonchev–Trinajstić information content (AvgIpc) is 3.19. The summed E-state index contributed by atoms with van der Waals surface area (Å²) in [4.78, 5) is 0.716. The molecular weight excluding hydrogens is 383 g/mol. The van der Waals surface area contributed by atoms with Crippen LogP contribution in [0.15, 0.2) is 35.7 Å². The van der Waals surface area contributed by atoms with Gasteiger partial charge in [-0.1, -0.05) is 23.7 Å². The Bertz CT molecular complexity index is 932. The molecule has 0 radical (unpaired) electrons. The first-order chi connectivity index (χ1) is 12.4. The van der Waals surface area contributed by atoms with Crippen LogP contribution in [0.5, 0.6) is 0 Å². The lowest BCUT2D eigenvalue weighted by Gasteiger charge is -2.16. The third-order valence-corrected chi connectivity index (χ3v) is 5.64. The van der Waals surface area contributed by atoms with E-state index in [0.29, 0.717) is 27.7 Å². The highest BCUT2D eigenvalue weighted by molar-refractivity contribution is 7.13. The lowest BCUT2D eigenvalue weighted by atomic mass is 10.0. The van der Waals surface area contributed by atoms with Gasteiger partial charge in [-0.3, -0.25) is 0 Å². The molecule has 26 heavy (non-hydrogen) atoms. The number of aromatic nitrogens is 2. The van der Waals surface area contributed by atoms with E-state index in [9.17, 15) is 13.2 Å². The zero-order valence-electron chi connectivity index (χ0n) is 13.6. The summed E-state index contributed by atoms with van der Waals surface area (Å²) in [6.45, 7) is 1.58. The molecule has 1 N–H and O–H groups in total. The summed E-state index contributed by atoms with van der Waals surface area (Å²) in [5.74, 6) is 0. The van der Waals surface area contributed by atoms with Gasteiger partial charge in [0.15, 0.2) is 5.69 Å². The molecule has 4 rings (SSSR count). The van der Waals surface area contributed by atoms with Crippen LogP contribution in [-0.4, -0.2) is 22.9 Å². The van der Waals surface area contributed by atoms with Gasteiger partial charge in [0, 0.05) is 0 Å². The quantitative estimate of drug-likeness (QED) is 0.662. The number of thiophene rings is 1. The van der Waals surface area contributed by atoms with Crippen molar-refractivity contribution in [2.45, 2.75) is 19.0 Å². The van der Waals surface area contributed by atoms with Crippen LogP contribution in [0.3, 0.4) is 0 Å². The molecule has 3 aromatic rings. The standard InChI is InChI=1S/C18H15ClF3N3S/c19-13-4-3-11-5-7-23-8-6-12(11)17(13)25-14(15-2-1-9-26-15)10-16(24-25)18(20,21)22/h1-4,9-10,23H,5-8H2. The van der Waals surface area contributed by atoms with Crippen LogP contribution >= 0.6 is 22.9 Å². The van der Waals surface area contributed by atoms with Crippen molar-refractivity contribution in [2.24, 2.45) is 0 Å². The zero-order chi connectivity index (χ0) is 18.3. The maximum atomic E-state index is 13.3. The van der Waals surface area contributed by atoms with Crippen LogP contribution in [0.25, 0.3) is 16.3 Å². The number of fused-ring (bicyclic) bond motifs is 1. The number of rotatable bonds is 2. The van der Waals surface area contributed by atoms with E-state index in [-0.39, 0.29) is 0 Å². The van der Waals surface area contributed by atoms with Gasteiger partial charge < -0.3 is 5.32 Å². The first-order valence-electron chi connectivity index (χ1n) is 8.17. The van der Waals surface area contributed by atoms with Crippen molar-refractivity contribution in [2.75, 3.05) is 13.1 Å². The normalized spacial score (nSPS) is 14.9. The van der Waals surface area contributed by atoms with Crippen LogP contribution in [0.2, 0.25) is 5.02 Å². The molecule has 0 saturated heterocycles. The Balaban J connectivity index is 1.98. The van der Waals surface area contributed by atoms with Crippen LogP contribution in [0, 0.1) is 0 Å². The van der Waals surface area contributed by atoms with Gasteiger partial charge in [-0.15, -0.1) is 11.3 Å². The Kier molecular flexibility index (Phi) is 4.54. The summed E-state index contributed by atoms with van der Waals surface area (Å²) in [5, 5.41) is 9.45. The number of nitrogens with one attached hydrogen (secondary N) is 1. The maximum absolute atomic E-state index is 13.3. The molecule has 0 spiro atoms. The first-order valence-corrected chi connectivity index (χ1v) is 9.43. The van der Waals surface area contributed by atoms with E-state index in [1.54, 1.807) is 12.1 Å². The topological polar surface area (TPSA) is 29.9 Å². The van der Waals surface area contributed by atoms with E-state index < -0.39 is 11.9 Å². The average molecular weight is 398 g/mol. The van der Waals surface area contributed by atoms with E-state index in [1.165, 1.54) is 16.0 Å². The monoisotopic (exact) mass is 397 g/mol. The number of hydrogen-bond donors (Lipinski definition) is 1. The van der Waals surface area contributed by atoms with Crippen LogP contribution < -0.4 is 5.32 Å². The lowest BCUT2D eigenvalue weighted by Crippen LogP contribution is -2.16. The van der Waals surface area contributed by atoms with Crippen molar-refractivity contribution in [3.8, 4) is 16.3 Å². The highest BCUT2D eigenvalue weighted by Crippen LogP contribution is 2.38. The molecule has 3 heterocycles. The predicted octanol–water partition coefficient (Wildman–Crippen LogP) is 4.96. The van der Waals surface area contributed by atoms with E-state index in [1.807, 2.05) is 17.5 Å². The second-order valence-corrected chi connectivity index (χ2v) is 7.44. The lowest BCUT2D eigenvalue weighted by molar-refractivity contribution is -0.141. The maximum Gasteiger partial charge on any atom is 0.435 e. The molecule has 0 amide bonds. The molecule has 1 aliphatic heterocycles. The van der Waals surface area contributed by atoms with E-state index >= 15 is 0 Å². The van der Waals surface area contributed by atoms with Crippen molar-refractivity contribution in [3.63, 3.8) is 0 Å². The second-order valence-electron chi connectivity index (χ2n) is 6.09. The Labute approximate surface area is 157 Å². The van der Waals surface area contributed by atoms with Crippen molar-refractivity contribution < 1.29 is 13.2 Å². The third-order valence-electron chi connectivity index (χ3n) is 4.44. The van der Waals surface area contributed by atoms with E-state index in [2.05, 4.69) is 10.4 Å². The number of halogens is 4. The fraction of sp³-hybridized carbons (Fsp3) is 0.278. The summed E-state index contributed by atoms with van der Waals surface area (Å²) in [6.07, 6.45) is -3.02. The Morgan fingerprint density at radius 2 is 1.96 bits per heavy atom. The highest BCUT2D eigenvalue weighted by atomic mass is 35.5. The molecule has 0 fully saturated rings. The molecule has 0 saturated carbocycles. The molecule has 0 atom stereocenters. The van der Waals surface area contributed by atoms with E-state index in [0.717, 1.165) is 36.7 Å². The molecule has 1 aromatic carbocycles. The molecule has 1 aliphatic rings. The third kappa shape index (κ3) is 3.15. The Morgan fingerprint density at radius 3 is 2.69 bits per heavy atom. The van der Waals surface area contributed by atoms with Crippen molar-refractivity contribution in [3.05, 3.63) is 57.6 Å². The SMILES string of the molecule is FC(F)(F)c1cc(-c2cccs2)n(-c2c(Cl)ccc3c2CCNCC3)n1. The summed E-state index contributed by atoms with van der Waals surface area (Å²) in [6, 6.07) is 8.38. The molecule has 3 nitrogen and oxygen atoms in total. The second kappa shape index (κ2) is 6.72. The zero-order valence-corrected chi connectivity index (χ0v) is 15.2. The minimum Gasteiger partial charge on any atom is -0.316 e. The summed E-state index contributed by atoms with van der Waals surface area (Å²) in [7, 11) is 0. The van der Waals surface area contributed by atoms with Crippen molar-refractivity contribution in [1.82, 2.24) is 15.1 Å². The summed E-state index contributed by atoms with van der Waals surface area (Å²) >= 11 is 7.82. The van der Waals surface area contributed by atoms with Gasteiger partial charge in [0.25, 0.3) is 0 Å². The Hall–Kier alpha value is -1.83. The fourth-order valence-electron chi connectivity index (χ4n) is 3.24. The van der Waals surface area contributed by atoms with Gasteiger partial charge in [-0.25, -0.2) is 4.68 Å². The van der Waals surface area contributed by atoms with Gasteiger partial charge in [0.1, 0.15) is 0 Å². The number of hydrogen-bond acceptors (Lipinski definition) is 3. The number of benzene rings is 1. The first kappa shape index (κ1) is 17.6. The van der Waals surface area contributed by atoms with Gasteiger partial charge >= 0.3 is 6.18 Å². The number of nitrogens with zero attached hydrogens (tertiary/aromatic N) is 2. The van der Waals surface area contributed by atoms with Crippen molar-refractivity contribution >= 4 is 22.9 Å². The molecule has 2 aromatic heterocycles. The summed E-state index contributed by atoms with van der Waals surface area (Å²) in [5.41, 5.74) is 2.08. The minimum absolute atomic E-state index is 0.403. The van der Waals surface area contributed by atoms with Gasteiger partial charge in [-0.05, 0) is 60.6 Å². The van der Waals surface area contributed by atoms with Crippen LogP contribution in [0.1, 0.15) is 16.8 Å². The number of alkyl halides is 3. The summed E-state index contributed by atoms with van der Waals surface area (Å²) < 4.78 is 41.3. The van der Waals surface area contributed by atoms with Gasteiger partial charge in [0.05, 0.1) is 21.3 Å². The van der Waals surface area contributed by atoms with Gasteiger partial charge in [-0.2, -0.15) is 18.3 Å². The molecular formula is C18H15ClF3N3S. The van der Waals surface area contributed by atoms with Crippen LogP contribution in [0.4, 0.5) is 13.2 Å². The molecule has 8 heteroatoms. The highest BCUT2D eigenvalue weighted by Gasteiger charge is 2.36. The Morgan fingerprint density at radius 1 is 1.15 bits per heavy atom. The van der Waals surface area contributed by atoms with Crippen molar-refractivity contribution in [1.29, 1.82) is 0 Å². The molecule has 0 aliphatic carbocycles. The smallest absolute Gasteiger partial charge is 0.316 e. The van der Waals surface area contributed by atoms with Crippen LogP contribution in [-0.2, 0) is 19.0 Å². The molecule has 136 valence electrons. The largest absolute Gasteiger partial charge is 0.435 e. The minimum atomic E-state index is -4.52. The molecule has 0 bridgehead atoms.